The highest BCUT2D eigenvalue weighted by Crippen LogP contribution is 2.30. The van der Waals surface area contributed by atoms with Crippen molar-refractivity contribution in [3.05, 3.63) is 17.3 Å². The first-order valence-corrected chi connectivity index (χ1v) is 5.20. The summed E-state index contributed by atoms with van der Waals surface area (Å²) >= 11 is 5.56. The Labute approximate surface area is 106 Å². The summed E-state index contributed by atoms with van der Waals surface area (Å²) in [5.41, 5.74) is 0.330. The predicted octanol–water partition coefficient (Wildman–Crippen LogP) is 2.79. The van der Waals surface area contributed by atoms with Crippen LogP contribution in [0.25, 0.3) is 0 Å². The van der Waals surface area contributed by atoms with Crippen molar-refractivity contribution in [2.24, 2.45) is 0 Å². The predicted molar refractivity (Wildman–Crippen MR) is 56.3 cm³/mol. The van der Waals surface area contributed by atoms with Crippen LogP contribution in [0.3, 0.4) is 0 Å². The summed E-state index contributed by atoms with van der Waals surface area (Å²) in [4.78, 5) is 3.58. The van der Waals surface area contributed by atoms with Crippen molar-refractivity contribution in [1.29, 1.82) is 5.26 Å². The van der Waals surface area contributed by atoms with E-state index < -0.39 is 12.2 Å². The number of methoxy groups -OCH3 is 1. The SMILES string of the molecule is COc1c(CC#N)cc(OC(F)(F)F)nc1CCl. The zero-order valence-electron chi connectivity index (χ0n) is 9.21. The molecule has 0 N–H and O–H groups in total. The minimum Gasteiger partial charge on any atom is -0.494 e. The van der Waals surface area contributed by atoms with Gasteiger partial charge in [-0.3, -0.25) is 0 Å². The maximum atomic E-state index is 12.1. The van der Waals surface area contributed by atoms with Crippen LogP contribution in [-0.4, -0.2) is 18.5 Å². The van der Waals surface area contributed by atoms with E-state index in [1.54, 1.807) is 0 Å². The molecule has 1 heterocycles. The molecule has 0 saturated heterocycles. The Hall–Kier alpha value is -1.68. The topological polar surface area (TPSA) is 55.1 Å². The first-order chi connectivity index (χ1) is 8.41. The summed E-state index contributed by atoms with van der Waals surface area (Å²) in [5.74, 6) is -0.623. The average Bonchev–Trinajstić information content (AvgIpc) is 2.26. The maximum Gasteiger partial charge on any atom is 0.574 e. The van der Waals surface area contributed by atoms with E-state index in [1.807, 2.05) is 6.07 Å². The molecule has 0 bridgehead atoms. The highest BCUT2D eigenvalue weighted by Gasteiger charge is 2.32. The Morgan fingerprint density at radius 3 is 2.61 bits per heavy atom. The van der Waals surface area contributed by atoms with Crippen molar-refractivity contribution in [2.45, 2.75) is 18.7 Å². The molecule has 0 spiro atoms. The van der Waals surface area contributed by atoms with Crippen LogP contribution in [0.15, 0.2) is 6.07 Å². The van der Waals surface area contributed by atoms with E-state index in [0.29, 0.717) is 0 Å². The van der Waals surface area contributed by atoms with Gasteiger partial charge in [0.05, 0.1) is 25.5 Å². The van der Waals surface area contributed by atoms with E-state index in [0.717, 1.165) is 6.07 Å². The van der Waals surface area contributed by atoms with E-state index in [2.05, 4.69) is 9.72 Å². The van der Waals surface area contributed by atoms with Crippen LogP contribution < -0.4 is 9.47 Å². The Morgan fingerprint density at radius 1 is 1.50 bits per heavy atom. The van der Waals surface area contributed by atoms with E-state index in [9.17, 15) is 13.2 Å². The minimum absolute atomic E-state index is 0.0890. The van der Waals surface area contributed by atoms with Gasteiger partial charge in [0.25, 0.3) is 0 Å². The van der Waals surface area contributed by atoms with Gasteiger partial charge in [-0.2, -0.15) is 5.26 Å². The molecule has 0 saturated carbocycles. The Morgan fingerprint density at radius 2 is 2.17 bits per heavy atom. The molecule has 0 unspecified atom stereocenters. The highest BCUT2D eigenvalue weighted by molar-refractivity contribution is 6.17. The second kappa shape index (κ2) is 5.78. The average molecular weight is 281 g/mol. The molecule has 0 aliphatic carbocycles. The Bertz CT molecular complexity index is 471. The third-order valence-electron chi connectivity index (χ3n) is 1.92. The number of ether oxygens (including phenoxy) is 2. The number of pyridine rings is 1. The standard InChI is InChI=1S/C10H8ClF3N2O2/c1-17-9-6(2-3-15)4-8(16-7(9)5-11)18-10(12,13)14/h4H,2,5H2,1H3. The van der Waals surface area contributed by atoms with Crippen LogP contribution in [0.2, 0.25) is 0 Å². The maximum absolute atomic E-state index is 12.1. The van der Waals surface area contributed by atoms with E-state index >= 15 is 0 Å². The smallest absolute Gasteiger partial charge is 0.494 e. The van der Waals surface area contributed by atoms with Crippen LogP contribution in [0.1, 0.15) is 11.3 Å². The highest BCUT2D eigenvalue weighted by atomic mass is 35.5. The number of halogens is 4. The lowest BCUT2D eigenvalue weighted by molar-refractivity contribution is -0.276. The molecule has 4 nitrogen and oxygen atoms in total. The molecule has 0 radical (unpaired) electrons. The van der Waals surface area contributed by atoms with Gasteiger partial charge in [0.2, 0.25) is 5.88 Å². The van der Waals surface area contributed by atoms with Crippen molar-refractivity contribution in [2.75, 3.05) is 7.11 Å². The number of aromatic nitrogens is 1. The zero-order chi connectivity index (χ0) is 13.8. The van der Waals surface area contributed by atoms with Gasteiger partial charge >= 0.3 is 6.36 Å². The fraction of sp³-hybridized carbons (Fsp3) is 0.400. The molecule has 1 aromatic rings. The van der Waals surface area contributed by atoms with Crippen LogP contribution in [-0.2, 0) is 12.3 Å². The zero-order valence-corrected chi connectivity index (χ0v) is 9.97. The molecule has 1 aromatic heterocycles. The summed E-state index contributed by atoms with van der Waals surface area (Å²) in [6.45, 7) is 0. The molecule has 0 aromatic carbocycles. The lowest BCUT2D eigenvalue weighted by atomic mass is 10.1. The van der Waals surface area contributed by atoms with Gasteiger partial charge < -0.3 is 9.47 Å². The Kier molecular flexibility index (Phi) is 4.62. The third kappa shape index (κ3) is 3.67. The second-order valence-corrected chi connectivity index (χ2v) is 3.38. The number of nitrogens with zero attached hydrogens (tertiary/aromatic N) is 2. The van der Waals surface area contributed by atoms with Crippen molar-refractivity contribution < 1.29 is 22.6 Å². The van der Waals surface area contributed by atoms with Gasteiger partial charge in [-0.25, -0.2) is 4.98 Å². The van der Waals surface area contributed by atoms with Gasteiger partial charge in [0, 0.05) is 11.6 Å². The van der Waals surface area contributed by atoms with E-state index in [-0.39, 0.29) is 29.3 Å². The normalized spacial score (nSPS) is 10.9. The second-order valence-electron chi connectivity index (χ2n) is 3.12. The summed E-state index contributed by atoms with van der Waals surface area (Å²) in [6.07, 6.45) is -4.99. The number of hydrogen-bond donors (Lipinski definition) is 0. The third-order valence-corrected chi connectivity index (χ3v) is 2.17. The van der Waals surface area contributed by atoms with Gasteiger partial charge in [-0.05, 0) is 0 Å². The van der Waals surface area contributed by atoms with Crippen molar-refractivity contribution in [3.8, 4) is 17.7 Å². The first kappa shape index (κ1) is 14.4. The molecule has 0 aliphatic heterocycles. The van der Waals surface area contributed by atoms with Crippen LogP contribution in [0.4, 0.5) is 13.2 Å². The lowest BCUT2D eigenvalue weighted by Crippen LogP contribution is -2.18. The quantitative estimate of drug-likeness (QED) is 0.796. The van der Waals surface area contributed by atoms with Crippen molar-refractivity contribution in [3.63, 3.8) is 0 Å². The lowest BCUT2D eigenvalue weighted by Gasteiger charge is -2.13. The molecule has 1 rings (SSSR count). The van der Waals surface area contributed by atoms with Crippen LogP contribution in [0, 0.1) is 11.3 Å². The van der Waals surface area contributed by atoms with Crippen molar-refractivity contribution in [1.82, 2.24) is 4.98 Å². The molecule has 18 heavy (non-hydrogen) atoms. The van der Waals surface area contributed by atoms with Gasteiger partial charge in [-0.1, -0.05) is 0 Å². The van der Waals surface area contributed by atoms with Crippen LogP contribution in [0.5, 0.6) is 11.6 Å². The molecular formula is C10H8ClF3N2O2. The van der Waals surface area contributed by atoms with Crippen molar-refractivity contribution >= 4 is 11.6 Å². The molecule has 0 fully saturated rings. The number of rotatable bonds is 4. The molecular weight excluding hydrogens is 273 g/mol. The number of nitriles is 1. The minimum atomic E-state index is -4.85. The monoisotopic (exact) mass is 280 g/mol. The molecule has 8 heteroatoms. The number of alkyl halides is 4. The summed E-state index contributed by atoms with van der Waals surface area (Å²) < 4.78 is 44.9. The van der Waals surface area contributed by atoms with Crippen LogP contribution >= 0.6 is 11.6 Å². The van der Waals surface area contributed by atoms with Gasteiger partial charge in [0.15, 0.2) is 0 Å². The molecule has 98 valence electrons. The summed E-state index contributed by atoms with van der Waals surface area (Å²) in [7, 11) is 1.32. The Balaban J connectivity index is 3.23. The van der Waals surface area contributed by atoms with E-state index in [4.69, 9.17) is 21.6 Å². The molecule has 0 aliphatic rings. The fourth-order valence-corrected chi connectivity index (χ4v) is 1.52. The number of hydrogen-bond acceptors (Lipinski definition) is 4. The first-order valence-electron chi connectivity index (χ1n) is 4.66. The fourth-order valence-electron chi connectivity index (χ4n) is 1.34. The van der Waals surface area contributed by atoms with Gasteiger partial charge in [0.1, 0.15) is 11.4 Å². The molecule has 0 atom stereocenters. The largest absolute Gasteiger partial charge is 0.574 e. The van der Waals surface area contributed by atoms with Gasteiger partial charge in [-0.15, -0.1) is 24.8 Å². The summed E-state index contributed by atoms with van der Waals surface area (Å²) in [6, 6.07) is 2.82. The summed E-state index contributed by atoms with van der Waals surface area (Å²) in [5, 5.41) is 8.60. The molecule has 0 amide bonds. The van der Waals surface area contributed by atoms with E-state index in [1.165, 1.54) is 7.11 Å².